The van der Waals surface area contributed by atoms with Gasteiger partial charge in [-0.3, -0.25) is 9.97 Å². The molecule has 2 aromatic carbocycles. The molecule has 3 rings (SSSR count). The fourth-order valence-corrected chi connectivity index (χ4v) is 2.92. The Morgan fingerprint density at radius 2 is 1.93 bits per heavy atom. The molecule has 6 nitrogen and oxygen atoms in total. The van der Waals surface area contributed by atoms with Crippen LogP contribution in [-0.2, 0) is 0 Å². The van der Waals surface area contributed by atoms with E-state index >= 15 is 0 Å². The van der Waals surface area contributed by atoms with Crippen LogP contribution >= 0.6 is 0 Å². The van der Waals surface area contributed by atoms with Gasteiger partial charge in [0.25, 0.3) is 0 Å². The van der Waals surface area contributed by atoms with Crippen molar-refractivity contribution in [3.63, 3.8) is 0 Å². The molecule has 0 fully saturated rings. The highest BCUT2D eigenvalue weighted by Crippen LogP contribution is 2.28. The minimum atomic E-state index is -0.128. The quantitative estimate of drug-likeness (QED) is 0.558. The number of nitrogens with one attached hydrogen (secondary N) is 2. The zero-order chi connectivity index (χ0) is 19.2. The molecule has 0 amide bonds. The second-order valence-electron chi connectivity index (χ2n) is 6.29. The summed E-state index contributed by atoms with van der Waals surface area (Å²) in [5.74, 6) is 0.802. The van der Waals surface area contributed by atoms with Gasteiger partial charge in [-0.2, -0.15) is 0 Å². The van der Waals surface area contributed by atoms with E-state index < -0.39 is 0 Å². The average Bonchev–Trinajstić information content (AvgIpc) is 2.72. The first-order valence-electron chi connectivity index (χ1n) is 8.69. The Morgan fingerprint density at radius 3 is 2.52 bits per heavy atom. The highest BCUT2D eigenvalue weighted by Gasteiger charge is 2.18. The summed E-state index contributed by atoms with van der Waals surface area (Å²) in [6.07, 6.45) is 6.33. The molecule has 4 N–H and O–H groups in total. The number of aromatic nitrogens is 2. The molecular formula is C21H23N5O. The number of methoxy groups -OCH3 is 1. The molecule has 2 atom stereocenters. The maximum Gasteiger partial charge on any atom is 0.118 e. The summed E-state index contributed by atoms with van der Waals surface area (Å²) in [5, 5.41) is 11.3. The maximum atomic E-state index is 7.80. The van der Waals surface area contributed by atoms with Gasteiger partial charge in [-0.25, -0.2) is 0 Å². The van der Waals surface area contributed by atoms with Crippen molar-refractivity contribution in [3.05, 3.63) is 72.2 Å². The number of rotatable bonds is 7. The topological polar surface area (TPSA) is 96.9 Å². The van der Waals surface area contributed by atoms with Crippen molar-refractivity contribution in [1.82, 2.24) is 9.97 Å². The van der Waals surface area contributed by atoms with E-state index in [1.54, 1.807) is 25.7 Å². The maximum absolute atomic E-state index is 7.80. The van der Waals surface area contributed by atoms with E-state index in [-0.39, 0.29) is 12.1 Å². The van der Waals surface area contributed by atoms with E-state index in [4.69, 9.17) is 15.9 Å². The van der Waals surface area contributed by atoms with Crippen molar-refractivity contribution in [2.45, 2.75) is 19.0 Å². The molecule has 6 heteroatoms. The molecule has 1 aromatic heterocycles. The zero-order valence-electron chi connectivity index (χ0n) is 15.4. The van der Waals surface area contributed by atoms with Crippen LogP contribution in [0.15, 0.2) is 61.1 Å². The van der Waals surface area contributed by atoms with Gasteiger partial charge < -0.3 is 21.2 Å². The molecule has 138 valence electrons. The van der Waals surface area contributed by atoms with E-state index in [0.29, 0.717) is 0 Å². The molecule has 0 aliphatic carbocycles. The van der Waals surface area contributed by atoms with Crippen molar-refractivity contribution in [2.24, 2.45) is 5.73 Å². The number of hydrogen-bond donors (Lipinski definition) is 3. The van der Waals surface area contributed by atoms with Crippen molar-refractivity contribution < 1.29 is 4.74 Å². The van der Waals surface area contributed by atoms with Gasteiger partial charge in [-0.05, 0) is 36.8 Å². The van der Waals surface area contributed by atoms with Gasteiger partial charge in [0.1, 0.15) is 5.75 Å². The Balaban J connectivity index is 1.90. The molecule has 0 aliphatic heterocycles. The van der Waals surface area contributed by atoms with Crippen LogP contribution in [0.1, 0.15) is 24.1 Å². The summed E-state index contributed by atoms with van der Waals surface area (Å²) in [6.45, 7) is 1.96. The smallest absolute Gasteiger partial charge is 0.118 e. The Morgan fingerprint density at radius 1 is 1.15 bits per heavy atom. The largest absolute Gasteiger partial charge is 0.497 e. The van der Waals surface area contributed by atoms with Crippen LogP contribution in [0.4, 0.5) is 5.69 Å². The first-order valence-corrected chi connectivity index (χ1v) is 8.69. The van der Waals surface area contributed by atoms with Crippen molar-refractivity contribution in [1.29, 1.82) is 5.41 Å². The Bertz CT molecular complexity index is 894. The van der Waals surface area contributed by atoms with Crippen molar-refractivity contribution in [3.8, 4) is 17.0 Å². The zero-order valence-corrected chi connectivity index (χ0v) is 15.4. The lowest BCUT2D eigenvalue weighted by Gasteiger charge is -2.25. The predicted molar refractivity (Wildman–Crippen MR) is 108 cm³/mol. The number of ether oxygens (including phenoxy) is 1. The van der Waals surface area contributed by atoms with Gasteiger partial charge >= 0.3 is 0 Å². The van der Waals surface area contributed by atoms with Crippen molar-refractivity contribution >= 4 is 11.9 Å². The fourth-order valence-electron chi connectivity index (χ4n) is 2.92. The monoisotopic (exact) mass is 361 g/mol. The van der Waals surface area contributed by atoms with Gasteiger partial charge in [-0.15, -0.1) is 0 Å². The lowest BCUT2D eigenvalue weighted by molar-refractivity contribution is 0.414. The standard InChI is InChI=1S/C21H23N5O/c1-14(23)21(15-3-6-18(27-2)7-4-15)26-19-8-5-16(11-17(19)12-22)20-13-24-9-10-25-20/h3-14,21-22,26H,23H2,1-2H3. The predicted octanol–water partition coefficient (Wildman–Crippen LogP) is 3.65. The van der Waals surface area contributed by atoms with Gasteiger partial charge in [0.05, 0.1) is 25.0 Å². The Hall–Kier alpha value is -3.25. The third-order valence-corrected chi connectivity index (χ3v) is 4.38. The lowest BCUT2D eigenvalue weighted by Crippen LogP contribution is -2.30. The van der Waals surface area contributed by atoms with Crippen LogP contribution < -0.4 is 15.8 Å². The van der Waals surface area contributed by atoms with E-state index in [2.05, 4.69) is 15.3 Å². The summed E-state index contributed by atoms with van der Waals surface area (Å²) in [5.41, 5.74) is 10.6. The van der Waals surface area contributed by atoms with Crippen LogP contribution in [0.3, 0.4) is 0 Å². The minimum absolute atomic E-state index is 0.100. The first kappa shape index (κ1) is 18.5. The van der Waals surface area contributed by atoms with Crippen molar-refractivity contribution in [2.75, 3.05) is 12.4 Å². The molecule has 0 saturated carbocycles. The number of anilines is 1. The molecule has 27 heavy (non-hydrogen) atoms. The molecular weight excluding hydrogens is 338 g/mol. The highest BCUT2D eigenvalue weighted by molar-refractivity contribution is 5.88. The van der Waals surface area contributed by atoms with E-state index in [1.165, 1.54) is 6.21 Å². The van der Waals surface area contributed by atoms with Gasteiger partial charge in [0.2, 0.25) is 0 Å². The fraction of sp³-hybridized carbons (Fsp3) is 0.190. The van der Waals surface area contributed by atoms with Crippen LogP contribution in [-0.4, -0.2) is 29.3 Å². The normalized spacial score (nSPS) is 12.9. The SMILES string of the molecule is COc1ccc(C(Nc2ccc(-c3cnccn3)cc2C=N)C(C)N)cc1. The molecule has 0 saturated heterocycles. The summed E-state index contributed by atoms with van der Waals surface area (Å²) >= 11 is 0. The molecule has 0 bridgehead atoms. The third kappa shape index (κ3) is 4.30. The lowest BCUT2D eigenvalue weighted by atomic mass is 9.99. The molecule has 0 aliphatic rings. The second-order valence-corrected chi connectivity index (χ2v) is 6.29. The van der Waals surface area contributed by atoms with Crippen LogP contribution in [0, 0.1) is 5.41 Å². The van der Waals surface area contributed by atoms with Gasteiger partial charge in [0.15, 0.2) is 0 Å². The van der Waals surface area contributed by atoms with Crippen LogP contribution in [0.2, 0.25) is 0 Å². The third-order valence-electron chi connectivity index (χ3n) is 4.38. The molecule has 0 spiro atoms. The number of nitrogens with zero attached hydrogens (tertiary/aromatic N) is 2. The first-order chi connectivity index (χ1) is 13.1. The minimum Gasteiger partial charge on any atom is -0.497 e. The summed E-state index contributed by atoms with van der Waals surface area (Å²) in [6, 6.07) is 13.4. The second kappa shape index (κ2) is 8.42. The summed E-state index contributed by atoms with van der Waals surface area (Å²) in [7, 11) is 1.64. The number of benzene rings is 2. The molecule has 1 heterocycles. The molecule has 2 unspecified atom stereocenters. The molecule has 0 radical (unpaired) electrons. The number of hydrogen-bond acceptors (Lipinski definition) is 6. The number of nitrogens with two attached hydrogens (primary N) is 1. The van der Waals surface area contributed by atoms with Gasteiger partial charge in [-0.1, -0.05) is 18.2 Å². The van der Waals surface area contributed by atoms with E-state index in [9.17, 15) is 0 Å². The van der Waals surface area contributed by atoms with Crippen LogP contribution in [0.25, 0.3) is 11.3 Å². The van der Waals surface area contributed by atoms with E-state index in [1.807, 2.05) is 49.4 Å². The Labute approximate surface area is 158 Å². The van der Waals surface area contributed by atoms with Crippen LogP contribution in [0.5, 0.6) is 5.75 Å². The average molecular weight is 361 g/mol. The van der Waals surface area contributed by atoms with Gasteiger partial charge in [0, 0.05) is 41.5 Å². The summed E-state index contributed by atoms with van der Waals surface area (Å²) in [4.78, 5) is 8.42. The van der Waals surface area contributed by atoms with E-state index in [0.717, 1.165) is 33.8 Å². The summed E-state index contributed by atoms with van der Waals surface area (Å²) < 4.78 is 5.23. The Kier molecular flexibility index (Phi) is 5.78. The molecule has 3 aromatic rings. The highest BCUT2D eigenvalue weighted by atomic mass is 16.5.